The van der Waals surface area contributed by atoms with Crippen LogP contribution in [0.15, 0.2) is 18.2 Å². The van der Waals surface area contributed by atoms with Crippen LogP contribution in [-0.2, 0) is 10.3 Å². The van der Waals surface area contributed by atoms with Crippen LogP contribution in [-0.4, -0.2) is 25.9 Å². The van der Waals surface area contributed by atoms with Crippen LogP contribution in [0.2, 0.25) is 0 Å². The maximum atomic E-state index is 12.0. The number of carbonyl (C=O) groups excluding carboxylic acids is 1. The maximum Gasteiger partial charge on any atom is 0.412 e. The lowest BCUT2D eigenvalue weighted by Gasteiger charge is -2.23. The van der Waals surface area contributed by atoms with Gasteiger partial charge in [0.15, 0.2) is 0 Å². The van der Waals surface area contributed by atoms with Gasteiger partial charge in [-0.05, 0) is 52.3 Å². The van der Waals surface area contributed by atoms with E-state index in [1.165, 1.54) is 0 Å². The number of amides is 1. The van der Waals surface area contributed by atoms with Crippen LogP contribution in [0, 0.1) is 0 Å². The summed E-state index contributed by atoms with van der Waals surface area (Å²) in [6, 6.07) is 5.73. The molecule has 1 aliphatic rings. The molecule has 1 amide bonds. The Morgan fingerprint density at radius 3 is 2.43 bits per heavy atom. The summed E-state index contributed by atoms with van der Waals surface area (Å²) in [7, 11) is 3.55. The fourth-order valence-electron chi connectivity index (χ4n) is 2.36. The Balaban J connectivity index is 2.26. The fraction of sp³-hybridized carbons (Fsp3) is 0.562. The van der Waals surface area contributed by atoms with Crippen molar-refractivity contribution in [2.75, 3.05) is 19.5 Å². The number of nitrogens with one attached hydrogen (secondary N) is 2. The molecular formula is C16H24N2O3. The summed E-state index contributed by atoms with van der Waals surface area (Å²) in [4.78, 5) is 12.0. The van der Waals surface area contributed by atoms with E-state index in [-0.39, 0.29) is 5.54 Å². The normalized spacial score (nSPS) is 16.2. The first kappa shape index (κ1) is 15.6. The van der Waals surface area contributed by atoms with Crippen LogP contribution in [0.1, 0.15) is 39.2 Å². The number of rotatable bonds is 4. The number of benzene rings is 1. The minimum atomic E-state index is -0.524. The van der Waals surface area contributed by atoms with Gasteiger partial charge in [0.05, 0.1) is 12.8 Å². The van der Waals surface area contributed by atoms with E-state index in [4.69, 9.17) is 9.47 Å². The number of hydrogen-bond acceptors (Lipinski definition) is 4. The summed E-state index contributed by atoms with van der Waals surface area (Å²) in [5.74, 6) is 0.705. The van der Waals surface area contributed by atoms with Gasteiger partial charge in [-0.2, -0.15) is 0 Å². The van der Waals surface area contributed by atoms with Gasteiger partial charge in [0, 0.05) is 11.6 Å². The van der Waals surface area contributed by atoms with Gasteiger partial charge in [-0.15, -0.1) is 0 Å². The summed E-state index contributed by atoms with van der Waals surface area (Å²) in [6.45, 7) is 5.53. The quantitative estimate of drug-likeness (QED) is 0.894. The molecule has 0 spiro atoms. The van der Waals surface area contributed by atoms with Crippen LogP contribution in [0.4, 0.5) is 10.5 Å². The topological polar surface area (TPSA) is 59.6 Å². The van der Waals surface area contributed by atoms with Crippen molar-refractivity contribution in [2.24, 2.45) is 0 Å². The molecule has 0 radical (unpaired) electrons. The van der Waals surface area contributed by atoms with E-state index in [0.29, 0.717) is 5.75 Å². The third kappa shape index (κ3) is 3.67. The molecule has 116 valence electrons. The zero-order valence-electron chi connectivity index (χ0n) is 13.4. The molecule has 0 unspecified atom stereocenters. The summed E-state index contributed by atoms with van der Waals surface area (Å²) < 4.78 is 10.6. The lowest BCUT2D eigenvalue weighted by atomic mass is 10.0. The molecule has 1 aliphatic carbocycles. The van der Waals surface area contributed by atoms with E-state index >= 15 is 0 Å². The van der Waals surface area contributed by atoms with E-state index < -0.39 is 11.7 Å². The molecule has 5 nitrogen and oxygen atoms in total. The van der Waals surface area contributed by atoms with Crippen molar-refractivity contribution in [1.29, 1.82) is 0 Å². The minimum Gasteiger partial charge on any atom is -0.497 e. The highest BCUT2D eigenvalue weighted by atomic mass is 16.6. The molecule has 21 heavy (non-hydrogen) atoms. The summed E-state index contributed by atoms with van der Waals surface area (Å²) in [5.41, 5.74) is 1.23. The van der Waals surface area contributed by atoms with Crippen molar-refractivity contribution in [2.45, 2.75) is 44.8 Å². The summed E-state index contributed by atoms with van der Waals surface area (Å²) in [5, 5.41) is 6.18. The number of methoxy groups -OCH3 is 1. The van der Waals surface area contributed by atoms with Crippen LogP contribution in [0.25, 0.3) is 0 Å². The second kappa shape index (κ2) is 5.56. The van der Waals surface area contributed by atoms with Crippen LogP contribution < -0.4 is 15.4 Å². The smallest absolute Gasteiger partial charge is 0.412 e. The van der Waals surface area contributed by atoms with Gasteiger partial charge in [-0.1, -0.05) is 6.07 Å². The van der Waals surface area contributed by atoms with E-state index in [1.807, 2.05) is 46.0 Å². The SMILES string of the molecule is CNC1(c2ccc(OC)cc2NC(=O)OC(C)(C)C)CC1. The van der Waals surface area contributed by atoms with Crippen molar-refractivity contribution in [3.63, 3.8) is 0 Å². The van der Waals surface area contributed by atoms with Gasteiger partial charge in [0.1, 0.15) is 11.4 Å². The highest BCUT2D eigenvalue weighted by Crippen LogP contribution is 2.48. The van der Waals surface area contributed by atoms with Gasteiger partial charge < -0.3 is 14.8 Å². The highest BCUT2D eigenvalue weighted by molar-refractivity contribution is 5.87. The number of ether oxygens (including phenoxy) is 2. The third-order valence-corrected chi connectivity index (χ3v) is 3.61. The van der Waals surface area contributed by atoms with Crippen molar-refractivity contribution >= 4 is 11.8 Å². The van der Waals surface area contributed by atoms with E-state index in [0.717, 1.165) is 24.1 Å². The Kier molecular flexibility index (Phi) is 4.14. The molecule has 0 aromatic heterocycles. The van der Waals surface area contributed by atoms with Crippen molar-refractivity contribution in [3.05, 3.63) is 23.8 Å². The maximum absolute atomic E-state index is 12.0. The molecule has 1 aromatic rings. The van der Waals surface area contributed by atoms with Gasteiger partial charge in [0.2, 0.25) is 0 Å². The largest absolute Gasteiger partial charge is 0.497 e. The predicted octanol–water partition coefficient (Wildman–Crippen LogP) is 3.25. The third-order valence-electron chi connectivity index (χ3n) is 3.61. The Morgan fingerprint density at radius 1 is 1.29 bits per heavy atom. The number of carbonyl (C=O) groups is 1. The van der Waals surface area contributed by atoms with Crippen molar-refractivity contribution in [3.8, 4) is 5.75 Å². The molecule has 0 saturated heterocycles. The van der Waals surface area contributed by atoms with Crippen molar-refractivity contribution < 1.29 is 14.3 Å². The molecule has 1 aromatic carbocycles. The monoisotopic (exact) mass is 292 g/mol. The van der Waals surface area contributed by atoms with Gasteiger partial charge >= 0.3 is 6.09 Å². The summed E-state index contributed by atoms with van der Waals surface area (Å²) in [6.07, 6.45) is 1.65. The molecule has 2 rings (SSSR count). The summed E-state index contributed by atoms with van der Waals surface area (Å²) >= 11 is 0. The zero-order chi connectivity index (χ0) is 15.7. The second-order valence-electron chi connectivity index (χ2n) is 6.37. The standard InChI is InChI=1S/C16H24N2O3/c1-15(2,3)21-14(19)18-13-10-11(20-5)6-7-12(13)16(17-4)8-9-16/h6-7,10,17H,8-9H2,1-5H3,(H,18,19). The predicted molar refractivity (Wildman–Crippen MR) is 82.8 cm³/mol. The van der Waals surface area contributed by atoms with Crippen LogP contribution in [0.5, 0.6) is 5.75 Å². The first-order valence-electron chi connectivity index (χ1n) is 7.17. The van der Waals surface area contributed by atoms with Crippen molar-refractivity contribution in [1.82, 2.24) is 5.32 Å². The van der Waals surface area contributed by atoms with Gasteiger partial charge in [-0.25, -0.2) is 4.79 Å². The van der Waals surface area contributed by atoms with E-state index in [2.05, 4.69) is 10.6 Å². The Hall–Kier alpha value is -1.75. The first-order valence-corrected chi connectivity index (χ1v) is 7.17. The molecule has 0 heterocycles. The second-order valence-corrected chi connectivity index (χ2v) is 6.37. The number of hydrogen-bond donors (Lipinski definition) is 2. The number of anilines is 1. The van der Waals surface area contributed by atoms with E-state index in [1.54, 1.807) is 7.11 Å². The lowest BCUT2D eigenvalue weighted by Crippen LogP contribution is -2.30. The van der Waals surface area contributed by atoms with Gasteiger partial charge in [0.25, 0.3) is 0 Å². The molecule has 1 fully saturated rings. The highest BCUT2D eigenvalue weighted by Gasteiger charge is 2.44. The molecule has 1 saturated carbocycles. The molecule has 0 atom stereocenters. The van der Waals surface area contributed by atoms with Crippen LogP contribution >= 0.6 is 0 Å². The molecular weight excluding hydrogens is 268 g/mol. The average Bonchev–Trinajstić information content (AvgIpc) is 3.17. The fourth-order valence-corrected chi connectivity index (χ4v) is 2.36. The van der Waals surface area contributed by atoms with Crippen LogP contribution in [0.3, 0.4) is 0 Å². The Labute approximate surface area is 126 Å². The average molecular weight is 292 g/mol. The Bertz CT molecular complexity index is 531. The molecule has 2 N–H and O–H groups in total. The minimum absolute atomic E-state index is 0.0450. The lowest BCUT2D eigenvalue weighted by molar-refractivity contribution is 0.0635. The zero-order valence-corrected chi connectivity index (χ0v) is 13.4. The van der Waals surface area contributed by atoms with Gasteiger partial charge in [-0.3, -0.25) is 5.32 Å². The Morgan fingerprint density at radius 2 is 1.95 bits per heavy atom. The molecule has 0 bridgehead atoms. The molecule has 5 heteroatoms. The first-order chi connectivity index (χ1) is 9.79. The molecule has 0 aliphatic heterocycles. The van der Waals surface area contributed by atoms with E-state index in [9.17, 15) is 4.79 Å².